The number of rotatable bonds is 3. The quantitative estimate of drug-likeness (QED) is 0.518. The number of carboxylic acid groups (broad SMARTS) is 1. The van der Waals surface area contributed by atoms with Crippen molar-refractivity contribution in [1.29, 1.82) is 0 Å². The number of benzene rings is 2. The summed E-state index contributed by atoms with van der Waals surface area (Å²) in [5, 5.41) is 10.1. The zero-order chi connectivity index (χ0) is 19.2. The maximum atomic E-state index is 13.3. The van der Waals surface area contributed by atoms with Crippen LogP contribution in [0.4, 0.5) is 13.2 Å². The molecule has 0 aliphatic carbocycles. The SMILES string of the molecule is O=C(O)c1nc(-c2ccccc2C(F)(F)F)oc1-c1c[nH]c2ccccc12. The summed E-state index contributed by atoms with van der Waals surface area (Å²) in [7, 11) is 0. The second kappa shape index (κ2) is 6.01. The van der Waals surface area contributed by atoms with E-state index in [1.165, 1.54) is 24.4 Å². The largest absolute Gasteiger partial charge is 0.476 e. The van der Waals surface area contributed by atoms with Crippen molar-refractivity contribution in [3.05, 3.63) is 66.0 Å². The average molecular weight is 372 g/mol. The topological polar surface area (TPSA) is 79.1 Å². The van der Waals surface area contributed by atoms with Gasteiger partial charge in [-0.05, 0) is 18.2 Å². The molecular weight excluding hydrogens is 361 g/mol. The minimum atomic E-state index is -4.63. The van der Waals surface area contributed by atoms with Crippen LogP contribution in [0.25, 0.3) is 33.7 Å². The number of alkyl halides is 3. The maximum Gasteiger partial charge on any atom is 0.417 e. The first-order valence-corrected chi connectivity index (χ1v) is 7.83. The van der Waals surface area contributed by atoms with Gasteiger partial charge in [-0.1, -0.05) is 30.3 Å². The van der Waals surface area contributed by atoms with E-state index in [-0.39, 0.29) is 11.3 Å². The number of H-pyrrole nitrogens is 1. The predicted molar refractivity (Wildman–Crippen MR) is 91.2 cm³/mol. The Balaban J connectivity index is 1.95. The van der Waals surface area contributed by atoms with Crippen LogP contribution in [0, 0.1) is 0 Å². The Morgan fingerprint density at radius 2 is 1.74 bits per heavy atom. The average Bonchev–Trinajstić information content (AvgIpc) is 3.25. The first-order valence-electron chi connectivity index (χ1n) is 7.83. The number of halogens is 3. The van der Waals surface area contributed by atoms with Crippen molar-refractivity contribution in [3.63, 3.8) is 0 Å². The lowest BCUT2D eigenvalue weighted by atomic mass is 10.1. The first kappa shape index (κ1) is 16.9. The number of para-hydroxylation sites is 1. The molecule has 2 aromatic carbocycles. The molecule has 2 heterocycles. The summed E-state index contributed by atoms with van der Waals surface area (Å²) in [6.45, 7) is 0. The lowest BCUT2D eigenvalue weighted by Crippen LogP contribution is -2.07. The predicted octanol–water partition coefficient (Wildman–Crippen LogP) is 5.21. The maximum absolute atomic E-state index is 13.3. The Morgan fingerprint density at radius 3 is 2.48 bits per heavy atom. The molecule has 0 fully saturated rings. The Hall–Kier alpha value is -3.55. The fraction of sp³-hybridized carbons (Fsp3) is 0.0526. The molecule has 0 radical (unpaired) electrons. The molecule has 136 valence electrons. The number of aromatic amines is 1. The number of carboxylic acids is 1. The van der Waals surface area contributed by atoms with Crippen molar-refractivity contribution in [2.45, 2.75) is 6.18 Å². The van der Waals surface area contributed by atoms with Gasteiger partial charge in [-0.25, -0.2) is 9.78 Å². The first-order chi connectivity index (χ1) is 12.9. The van der Waals surface area contributed by atoms with Gasteiger partial charge in [-0.2, -0.15) is 13.2 Å². The highest BCUT2D eigenvalue weighted by Gasteiger charge is 2.35. The van der Waals surface area contributed by atoms with Crippen molar-refractivity contribution in [2.24, 2.45) is 0 Å². The molecule has 4 aromatic rings. The summed E-state index contributed by atoms with van der Waals surface area (Å²) in [6.07, 6.45) is -3.09. The molecular formula is C19H11F3N2O3. The van der Waals surface area contributed by atoms with Crippen LogP contribution in [-0.4, -0.2) is 21.0 Å². The highest BCUT2D eigenvalue weighted by Crippen LogP contribution is 2.39. The summed E-state index contributed by atoms with van der Waals surface area (Å²) in [4.78, 5) is 18.4. The molecule has 2 N–H and O–H groups in total. The summed E-state index contributed by atoms with van der Waals surface area (Å²) < 4.78 is 45.4. The Morgan fingerprint density at radius 1 is 1.04 bits per heavy atom. The molecule has 0 saturated carbocycles. The third-order valence-electron chi connectivity index (χ3n) is 4.13. The van der Waals surface area contributed by atoms with E-state index in [4.69, 9.17) is 4.42 Å². The van der Waals surface area contributed by atoms with Gasteiger partial charge >= 0.3 is 12.1 Å². The summed E-state index contributed by atoms with van der Waals surface area (Å²) in [6, 6.07) is 11.8. The van der Waals surface area contributed by atoms with E-state index in [2.05, 4.69) is 9.97 Å². The van der Waals surface area contributed by atoms with E-state index in [1.807, 2.05) is 0 Å². The number of aromatic carboxylic acids is 1. The Kier molecular flexibility index (Phi) is 3.76. The van der Waals surface area contributed by atoms with Crippen molar-refractivity contribution in [2.75, 3.05) is 0 Å². The normalized spacial score (nSPS) is 11.8. The molecule has 2 aromatic heterocycles. The van der Waals surface area contributed by atoms with E-state index in [1.54, 1.807) is 24.3 Å². The standard InChI is InChI=1S/C19H11F3N2O3/c20-19(21,22)13-7-3-1-6-11(13)17-24-15(18(25)26)16(27-17)12-9-23-14-8-4-2-5-10(12)14/h1-9,23H,(H,25,26). The van der Waals surface area contributed by atoms with Crippen LogP contribution in [0.15, 0.2) is 59.1 Å². The second-order valence-electron chi connectivity index (χ2n) is 5.79. The number of aromatic nitrogens is 2. The van der Waals surface area contributed by atoms with Gasteiger partial charge in [0.05, 0.1) is 5.56 Å². The summed E-state index contributed by atoms with van der Waals surface area (Å²) >= 11 is 0. The molecule has 0 atom stereocenters. The molecule has 0 amide bonds. The van der Waals surface area contributed by atoms with E-state index >= 15 is 0 Å². The monoisotopic (exact) mass is 372 g/mol. The van der Waals surface area contributed by atoms with Crippen molar-refractivity contribution < 1.29 is 27.5 Å². The number of oxazole rings is 1. The van der Waals surface area contributed by atoms with Crippen molar-refractivity contribution in [1.82, 2.24) is 9.97 Å². The number of hydrogen-bond acceptors (Lipinski definition) is 3. The zero-order valence-corrected chi connectivity index (χ0v) is 13.5. The third-order valence-corrected chi connectivity index (χ3v) is 4.13. The fourth-order valence-electron chi connectivity index (χ4n) is 2.94. The summed E-state index contributed by atoms with van der Waals surface area (Å²) in [5.41, 5.74) is -0.581. The fourth-order valence-corrected chi connectivity index (χ4v) is 2.94. The molecule has 0 unspecified atom stereocenters. The number of carbonyl (C=O) groups is 1. The van der Waals surface area contributed by atoms with E-state index in [0.717, 1.165) is 11.6 Å². The lowest BCUT2D eigenvalue weighted by Gasteiger charge is -2.09. The van der Waals surface area contributed by atoms with E-state index < -0.39 is 29.3 Å². The van der Waals surface area contributed by atoms with Crippen LogP contribution in [0.1, 0.15) is 16.1 Å². The van der Waals surface area contributed by atoms with E-state index in [9.17, 15) is 23.1 Å². The molecule has 0 aliphatic heterocycles. The second-order valence-corrected chi connectivity index (χ2v) is 5.79. The zero-order valence-electron chi connectivity index (χ0n) is 13.5. The van der Waals surface area contributed by atoms with Crippen LogP contribution in [-0.2, 0) is 6.18 Å². The smallest absolute Gasteiger partial charge is 0.417 e. The van der Waals surface area contributed by atoms with Gasteiger partial charge in [0, 0.05) is 28.2 Å². The number of fused-ring (bicyclic) bond motifs is 1. The lowest BCUT2D eigenvalue weighted by molar-refractivity contribution is -0.137. The minimum Gasteiger partial charge on any atom is -0.476 e. The Labute approximate surface area is 150 Å². The van der Waals surface area contributed by atoms with Crippen molar-refractivity contribution in [3.8, 4) is 22.8 Å². The van der Waals surface area contributed by atoms with Gasteiger partial charge in [0.1, 0.15) is 0 Å². The third kappa shape index (κ3) is 2.84. The minimum absolute atomic E-state index is 0.105. The number of nitrogens with one attached hydrogen (secondary N) is 1. The highest BCUT2D eigenvalue weighted by atomic mass is 19.4. The molecule has 0 saturated heterocycles. The van der Waals surface area contributed by atoms with Gasteiger partial charge < -0.3 is 14.5 Å². The van der Waals surface area contributed by atoms with Gasteiger partial charge in [-0.15, -0.1) is 0 Å². The van der Waals surface area contributed by atoms with Crippen LogP contribution in [0.3, 0.4) is 0 Å². The van der Waals surface area contributed by atoms with Gasteiger partial charge in [0.2, 0.25) is 5.89 Å². The van der Waals surface area contributed by atoms with Gasteiger partial charge in [0.25, 0.3) is 0 Å². The van der Waals surface area contributed by atoms with Crippen LogP contribution < -0.4 is 0 Å². The van der Waals surface area contributed by atoms with Gasteiger partial charge in [-0.3, -0.25) is 0 Å². The molecule has 0 aliphatic rings. The summed E-state index contributed by atoms with van der Waals surface area (Å²) in [5.74, 6) is -1.90. The van der Waals surface area contributed by atoms with Crippen LogP contribution in [0.2, 0.25) is 0 Å². The van der Waals surface area contributed by atoms with E-state index in [0.29, 0.717) is 10.9 Å². The molecule has 0 spiro atoms. The number of hydrogen-bond donors (Lipinski definition) is 2. The van der Waals surface area contributed by atoms with Gasteiger partial charge in [0.15, 0.2) is 11.5 Å². The molecule has 4 rings (SSSR count). The molecule has 5 nitrogen and oxygen atoms in total. The molecule has 27 heavy (non-hydrogen) atoms. The van der Waals surface area contributed by atoms with Crippen LogP contribution in [0.5, 0.6) is 0 Å². The Bertz CT molecular complexity index is 1160. The molecule has 8 heteroatoms. The van der Waals surface area contributed by atoms with Crippen LogP contribution >= 0.6 is 0 Å². The highest BCUT2D eigenvalue weighted by molar-refractivity contribution is 6.00. The molecule has 0 bridgehead atoms. The number of nitrogens with zero attached hydrogens (tertiary/aromatic N) is 1. The van der Waals surface area contributed by atoms with Crippen molar-refractivity contribution >= 4 is 16.9 Å².